The van der Waals surface area contributed by atoms with Crippen molar-refractivity contribution in [1.82, 2.24) is 9.88 Å². The second kappa shape index (κ2) is 7.59. The lowest BCUT2D eigenvalue weighted by Crippen LogP contribution is -2.25. The van der Waals surface area contributed by atoms with Crippen molar-refractivity contribution in [2.45, 2.75) is 20.0 Å². The predicted molar refractivity (Wildman–Crippen MR) is 107 cm³/mol. The van der Waals surface area contributed by atoms with Gasteiger partial charge in [0.1, 0.15) is 6.61 Å². The van der Waals surface area contributed by atoms with E-state index in [0.29, 0.717) is 23.9 Å². The Labute approximate surface area is 164 Å². The summed E-state index contributed by atoms with van der Waals surface area (Å²) in [6, 6.07) is 16.0. The SMILES string of the molecule is Cc1ccc(CN2CCOc3c(O)cc(-c4ccc(Cl)cn4)cc3C2)cc1. The molecule has 1 aliphatic heterocycles. The molecule has 1 aromatic heterocycles. The molecule has 4 rings (SSSR count). The Balaban J connectivity index is 1.62. The summed E-state index contributed by atoms with van der Waals surface area (Å²) in [7, 11) is 0. The van der Waals surface area contributed by atoms with Crippen molar-refractivity contribution in [3.8, 4) is 22.8 Å². The number of pyridine rings is 1. The van der Waals surface area contributed by atoms with Crippen LogP contribution in [0.4, 0.5) is 0 Å². The summed E-state index contributed by atoms with van der Waals surface area (Å²) in [5, 5.41) is 11.1. The normalized spacial score (nSPS) is 14.3. The molecular weight excluding hydrogens is 360 g/mol. The first kappa shape index (κ1) is 17.8. The van der Waals surface area contributed by atoms with Crippen molar-refractivity contribution >= 4 is 11.6 Å². The molecule has 5 heteroatoms. The number of hydrogen-bond acceptors (Lipinski definition) is 4. The van der Waals surface area contributed by atoms with Crippen LogP contribution in [0.15, 0.2) is 54.7 Å². The number of phenolic OH excluding ortho intramolecular Hbond substituents is 1. The molecule has 1 aliphatic rings. The zero-order valence-corrected chi connectivity index (χ0v) is 15.9. The zero-order valence-electron chi connectivity index (χ0n) is 15.2. The van der Waals surface area contributed by atoms with Gasteiger partial charge in [-0.05, 0) is 36.8 Å². The average molecular weight is 381 g/mol. The third kappa shape index (κ3) is 4.07. The van der Waals surface area contributed by atoms with Gasteiger partial charge in [0.05, 0.1) is 10.7 Å². The molecule has 0 spiro atoms. The first-order valence-corrected chi connectivity index (χ1v) is 9.35. The van der Waals surface area contributed by atoms with Gasteiger partial charge in [-0.3, -0.25) is 9.88 Å². The van der Waals surface area contributed by atoms with Gasteiger partial charge in [0.25, 0.3) is 0 Å². The molecule has 3 aromatic rings. The Morgan fingerprint density at radius 3 is 2.70 bits per heavy atom. The van der Waals surface area contributed by atoms with Crippen molar-refractivity contribution < 1.29 is 9.84 Å². The summed E-state index contributed by atoms with van der Waals surface area (Å²) in [6.45, 7) is 4.99. The lowest BCUT2D eigenvalue weighted by atomic mass is 10.0. The van der Waals surface area contributed by atoms with Crippen LogP contribution in [-0.2, 0) is 13.1 Å². The van der Waals surface area contributed by atoms with Crippen LogP contribution >= 0.6 is 11.6 Å². The fourth-order valence-corrected chi connectivity index (χ4v) is 3.45. The lowest BCUT2D eigenvalue weighted by molar-refractivity contribution is 0.217. The first-order chi connectivity index (χ1) is 13.1. The maximum absolute atomic E-state index is 10.5. The molecule has 0 fully saturated rings. The number of aryl methyl sites for hydroxylation is 1. The van der Waals surface area contributed by atoms with E-state index in [0.717, 1.165) is 29.9 Å². The maximum Gasteiger partial charge on any atom is 0.165 e. The molecule has 138 valence electrons. The fraction of sp³-hybridized carbons (Fsp3) is 0.227. The van der Waals surface area contributed by atoms with Gasteiger partial charge in [-0.15, -0.1) is 0 Å². The van der Waals surface area contributed by atoms with Crippen LogP contribution in [0.2, 0.25) is 5.02 Å². The molecular formula is C22H21ClN2O2. The Morgan fingerprint density at radius 1 is 1.15 bits per heavy atom. The van der Waals surface area contributed by atoms with E-state index in [4.69, 9.17) is 16.3 Å². The molecule has 27 heavy (non-hydrogen) atoms. The average Bonchev–Trinajstić information content (AvgIpc) is 2.86. The van der Waals surface area contributed by atoms with Crippen LogP contribution in [0.5, 0.6) is 11.5 Å². The van der Waals surface area contributed by atoms with Gasteiger partial charge in [0, 0.05) is 37.0 Å². The smallest absolute Gasteiger partial charge is 0.165 e. The highest BCUT2D eigenvalue weighted by Gasteiger charge is 2.20. The number of benzene rings is 2. The number of nitrogens with zero attached hydrogens (tertiary/aromatic N) is 2. The van der Waals surface area contributed by atoms with Crippen molar-refractivity contribution in [3.05, 3.63) is 76.4 Å². The number of hydrogen-bond donors (Lipinski definition) is 1. The zero-order chi connectivity index (χ0) is 18.8. The third-order valence-corrected chi connectivity index (χ3v) is 4.97. The first-order valence-electron chi connectivity index (χ1n) is 8.97. The number of aromatic nitrogens is 1. The Morgan fingerprint density at radius 2 is 1.96 bits per heavy atom. The molecule has 0 saturated carbocycles. The predicted octanol–water partition coefficient (Wildman–Crippen LogP) is 4.81. The summed E-state index contributed by atoms with van der Waals surface area (Å²) < 4.78 is 5.84. The van der Waals surface area contributed by atoms with Crippen molar-refractivity contribution in [2.24, 2.45) is 0 Å². The van der Waals surface area contributed by atoms with Crippen molar-refractivity contribution in [3.63, 3.8) is 0 Å². The largest absolute Gasteiger partial charge is 0.504 e. The number of ether oxygens (including phenoxy) is 1. The molecule has 0 unspecified atom stereocenters. The molecule has 2 aromatic carbocycles. The summed E-state index contributed by atoms with van der Waals surface area (Å²) in [6.07, 6.45) is 1.61. The van der Waals surface area contributed by atoms with Crippen molar-refractivity contribution in [2.75, 3.05) is 13.2 Å². The van der Waals surface area contributed by atoms with Gasteiger partial charge >= 0.3 is 0 Å². The van der Waals surface area contributed by atoms with Crippen LogP contribution in [0.1, 0.15) is 16.7 Å². The van der Waals surface area contributed by atoms with Gasteiger partial charge < -0.3 is 9.84 Å². The number of fused-ring (bicyclic) bond motifs is 1. The van der Waals surface area contributed by atoms with E-state index in [2.05, 4.69) is 41.1 Å². The molecule has 1 N–H and O–H groups in total. The Bertz CT molecular complexity index is 940. The minimum atomic E-state index is 0.149. The molecule has 0 radical (unpaired) electrons. The molecule has 0 bridgehead atoms. The number of rotatable bonds is 3. The van der Waals surface area contributed by atoms with Crippen LogP contribution < -0.4 is 4.74 Å². The second-order valence-corrected chi connectivity index (χ2v) is 7.33. The lowest BCUT2D eigenvalue weighted by Gasteiger charge is -2.19. The minimum absolute atomic E-state index is 0.149. The summed E-state index contributed by atoms with van der Waals surface area (Å²) >= 11 is 5.93. The molecule has 0 atom stereocenters. The molecule has 2 heterocycles. The standard InChI is InChI=1S/C22H21ClN2O2/c1-15-2-4-16(5-3-15)13-25-8-9-27-22-18(14-25)10-17(11-21(22)26)20-7-6-19(23)12-24-20/h2-7,10-12,26H,8-9,13-14H2,1H3. The van der Waals surface area contributed by atoms with Gasteiger partial charge in [-0.2, -0.15) is 0 Å². The summed E-state index contributed by atoms with van der Waals surface area (Å²) in [5.74, 6) is 0.718. The second-order valence-electron chi connectivity index (χ2n) is 6.89. The topological polar surface area (TPSA) is 45.6 Å². The van der Waals surface area contributed by atoms with Crippen LogP contribution in [0.25, 0.3) is 11.3 Å². The van der Waals surface area contributed by atoms with E-state index in [9.17, 15) is 5.11 Å². The minimum Gasteiger partial charge on any atom is -0.504 e. The van der Waals surface area contributed by atoms with E-state index in [1.54, 1.807) is 18.3 Å². The monoisotopic (exact) mass is 380 g/mol. The van der Waals surface area contributed by atoms with E-state index in [1.165, 1.54) is 11.1 Å². The fourth-order valence-electron chi connectivity index (χ4n) is 3.33. The Kier molecular flexibility index (Phi) is 5.01. The van der Waals surface area contributed by atoms with Crippen LogP contribution in [-0.4, -0.2) is 28.1 Å². The van der Waals surface area contributed by atoms with Gasteiger partial charge in [0.2, 0.25) is 0 Å². The van der Waals surface area contributed by atoms with E-state index >= 15 is 0 Å². The number of phenols is 1. The van der Waals surface area contributed by atoms with E-state index in [-0.39, 0.29) is 5.75 Å². The van der Waals surface area contributed by atoms with E-state index < -0.39 is 0 Å². The molecule has 0 amide bonds. The number of aromatic hydroxyl groups is 1. The summed E-state index contributed by atoms with van der Waals surface area (Å²) in [5.41, 5.74) is 5.11. The van der Waals surface area contributed by atoms with Crippen molar-refractivity contribution in [1.29, 1.82) is 0 Å². The summed E-state index contributed by atoms with van der Waals surface area (Å²) in [4.78, 5) is 6.69. The molecule has 0 saturated heterocycles. The Hall–Kier alpha value is -2.56. The maximum atomic E-state index is 10.5. The highest BCUT2D eigenvalue weighted by Crippen LogP contribution is 2.37. The van der Waals surface area contributed by atoms with Crippen LogP contribution in [0.3, 0.4) is 0 Å². The quantitative estimate of drug-likeness (QED) is 0.708. The van der Waals surface area contributed by atoms with Gasteiger partial charge in [-0.1, -0.05) is 41.4 Å². The molecule has 0 aliphatic carbocycles. The highest BCUT2D eigenvalue weighted by molar-refractivity contribution is 6.30. The number of halogens is 1. The highest BCUT2D eigenvalue weighted by atomic mass is 35.5. The van der Waals surface area contributed by atoms with E-state index in [1.807, 2.05) is 12.1 Å². The molecule has 4 nitrogen and oxygen atoms in total. The third-order valence-electron chi connectivity index (χ3n) is 4.74. The van der Waals surface area contributed by atoms with Gasteiger partial charge in [0.15, 0.2) is 11.5 Å². The van der Waals surface area contributed by atoms with Crippen LogP contribution in [0, 0.1) is 6.92 Å². The van der Waals surface area contributed by atoms with Gasteiger partial charge in [-0.25, -0.2) is 0 Å².